The average Bonchev–Trinajstić information content (AvgIpc) is 3.21. The topological polar surface area (TPSA) is 68.9 Å². The maximum Gasteiger partial charge on any atom is 0.176 e. The minimum Gasteiger partial charge on any atom is -0.362 e. The fourth-order valence-electron chi connectivity index (χ4n) is 2.27. The van der Waals surface area contributed by atoms with Crippen molar-refractivity contribution in [2.24, 2.45) is 0 Å². The molecule has 136 valence electrons. The summed E-state index contributed by atoms with van der Waals surface area (Å²) in [6.45, 7) is 0.834. The van der Waals surface area contributed by atoms with Crippen molar-refractivity contribution < 1.29 is 4.74 Å². The largest absolute Gasteiger partial charge is 0.362 e. The lowest BCUT2D eigenvalue weighted by Crippen LogP contribution is -2.19. The normalized spacial score (nSPS) is 10.7. The molecule has 7 nitrogen and oxygen atoms in total. The van der Waals surface area contributed by atoms with Gasteiger partial charge in [-0.3, -0.25) is 4.68 Å². The molecule has 2 aromatic heterocycles. The van der Waals surface area contributed by atoms with Crippen LogP contribution in [0, 0.1) is 0 Å². The van der Waals surface area contributed by atoms with Gasteiger partial charge in [-0.2, -0.15) is 10.2 Å². The van der Waals surface area contributed by atoms with Gasteiger partial charge < -0.3 is 15.4 Å². The van der Waals surface area contributed by atoms with Gasteiger partial charge in [-0.25, -0.2) is 4.68 Å². The Morgan fingerprint density at radius 1 is 1.19 bits per heavy atom. The predicted octanol–water partition coefficient (Wildman–Crippen LogP) is 3.85. The summed E-state index contributed by atoms with van der Waals surface area (Å²) in [7, 11) is 1.60. The van der Waals surface area contributed by atoms with Crippen LogP contribution in [0.2, 0.25) is 10.0 Å². The van der Waals surface area contributed by atoms with Gasteiger partial charge in [0.1, 0.15) is 6.73 Å². The van der Waals surface area contributed by atoms with Gasteiger partial charge in [-0.1, -0.05) is 29.3 Å². The molecule has 0 radical (unpaired) electrons. The molecule has 3 rings (SSSR count). The van der Waals surface area contributed by atoms with E-state index in [1.807, 2.05) is 18.3 Å². The Labute approximate surface area is 165 Å². The Kier molecular flexibility index (Phi) is 6.10. The van der Waals surface area contributed by atoms with E-state index in [1.54, 1.807) is 41.0 Å². The standard InChI is InChI=1S/C16H16Cl2N6OS/c1-25-10-24-8-11(7-19-24)20-16(26)21-15-5-6-23(22-15)9-12-13(17)3-2-4-14(12)18/h2-8H,9-10H2,1H3,(H2,20,21,22,26). The molecule has 0 aliphatic heterocycles. The number of benzene rings is 1. The Hall–Kier alpha value is -2.13. The van der Waals surface area contributed by atoms with Crippen LogP contribution >= 0.6 is 35.4 Å². The van der Waals surface area contributed by atoms with Crippen molar-refractivity contribution in [3.63, 3.8) is 0 Å². The van der Waals surface area contributed by atoms with Gasteiger partial charge in [0, 0.05) is 35.0 Å². The highest BCUT2D eigenvalue weighted by atomic mass is 35.5. The van der Waals surface area contributed by atoms with Crippen LogP contribution in [-0.2, 0) is 18.0 Å². The van der Waals surface area contributed by atoms with Crippen molar-refractivity contribution >= 4 is 52.0 Å². The molecule has 0 fully saturated rings. The molecule has 0 aliphatic rings. The summed E-state index contributed by atoms with van der Waals surface area (Å²) in [6.07, 6.45) is 5.27. The third-order valence-corrected chi connectivity index (χ3v) is 4.33. The van der Waals surface area contributed by atoms with E-state index in [4.69, 9.17) is 40.2 Å². The van der Waals surface area contributed by atoms with Crippen molar-refractivity contribution in [3.05, 3.63) is 58.5 Å². The Morgan fingerprint density at radius 3 is 2.69 bits per heavy atom. The molecular formula is C16H16Cl2N6OS. The van der Waals surface area contributed by atoms with E-state index in [2.05, 4.69) is 20.8 Å². The van der Waals surface area contributed by atoms with Gasteiger partial charge >= 0.3 is 0 Å². The zero-order chi connectivity index (χ0) is 18.5. The number of ether oxygens (including phenoxy) is 1. The van der Waals surface area contributed by atoms with E-state index in [-0.39, 0.29) is 0 Å². The second kappa shape index (κ2) is 8.50. The summed E-state index contributed by atoms with van der Waals surface area (Å²) in [5.41, 5.74) is 1.57. The highest BCUT2D eigenvalue weighted by Gasteiger charge is 2.08. The molecule has 26 heavy (non-hydrogen) atoms. The first-order chi connectivity index (χ1) is 12.5. The van der Waals surface area contributed by atoms with E-state index in [9.17, 15) is 0 Å². The van der Waals surface area contributed by atoms with Crippen molar-refractivity contribution in [2.75, 3.05) is 17.7 Å². The van der Waals surface area contributed by atoms with Crippen molar-refractivity contribution in [2.45, 2.75) is 13.3 Å². The molecule has 0 saturated heterocycles. The van der Waals surface area contributed by atoms with E-state index < -0.39 is 0 Å². The van der Waals surface area contributed by atoms with E-state index in [1.165, 1.54) is 0 Å². The number of rotatable bonds is 6. The number of hydrogen-bond acceptors (Lipinski definition) is 4. The maximum atomic E-state index is 6.20. The monoisotopic (exact) mass is 410 g/mol. The van der Waals surface area contributed by atoms with Crippen LogP contribution in [0.25, 0.3) is 0 Å². The molecule has 0 spiro atoms. The van der Waals surface area contributed by atoms with Gasteiger partial charge in [0.2, 0.25) is 0 Å². The molecule has 1 aromatic carbocycles. The number of halogens is 2. The third kappa shape index (κ3) is 4.73. The van der Waals surface area contributed by atoms with Crippen LogP contribution in [0.4, 0.5) is 11.5 Å². The zero-order valence-electron chi connectivity index (χ0n) is 13.8. The third-order valence-electron chi connectivity index (χ3n) is 3.42. The van der Waals surface area contributed by atoms with Gasteiger partial charge in [0.05, 0.1) is 24.6 Å². The molecule has 2 heterocycles. The summed E-state index contributed by atoms with van der Waals surface area (Å²) in [5, 5.41) is 16.2. The van der Waals surface area contributed by atoms with Crippen LogP contribution in [0.15, 0.2) is 42.9 Å². The maximum absolute atomic E-state index is 6.20. The fourth-order valence-corrected chi connectivity index (χ4v) is 3.01. The van der Waals surface area contributed by atoms with Crippen molar-refractivity contribution in [1.29, 1.82) is 0 Å². The predicted molar refractivity (Wildman–Crippen MR) is 107 cm³/mol. The van der Waals surface area contributed by atoms with Crippen LogP contribution in [-0.4, -0.2) is 31.8 Å². The lowest BCUT2D eigenvalue weighted by atomic mass is 10.2. The molecule has 10 heteroatoms. The highest BCUT2D eigenvalue weighted by molar-refractivity contribution is 7.80. The molecule has 3 aromatic rings. The molecule has 0 bridgehead atoms. The number of hydrogen-bond donors (Lipinski definition) is 2. The van der Waals surface area contributed by atoms with Crippen LogP contribution in [0.3, 0.4) is 0 Å². The lowest BCUT2D eigenvalue weighted by Gasteiger charge is -2.08. The zero-order valence-corrected chi connectivity index (χ0v) is 16.1. The number of aromatic nitrogens is 4. The Morgan fingerprint density at radius 2 is 1.96 bits per heavy atom. The molecule has 0 aliphatic carbocycles. The van der Waals surface area contributed by atoms with Crippen molar-refractivity contribution in [1.82, 2.24) is 19.6 Å². The fraction of sp³-hybridized carbons (Fsp3) is 0.188. The first-order valence-electron chi connectivity index (χ1n) is 7.61. The second-order valence-corrected chi connectivity index (χ2v) is 6.59. The minimum absolute atomic E-state index is 0.372. The lowest BCUT2D eigenvalue weighted by molar-refractivity contribution is 0.120. The van der Waals surface area contributed by atoms with Gasteiger partial charge in [-0.15, -0.1) is 0 Å². The second-order valence-electron chi connectivity index (χ2n) is 5.36. The Balaban J connectivity index is 1.60. The van der Waals surface area contributed by atoms with Gasteiger partial charge in [0.15, 0.2) is 10.9 Å². The van der Waals surface area contributed by atoms with Gasteiger partial charge in [-0.05, 0) is 24.4 Å². The van der Waals surface area contributed by atoms with Crippen LogP contribution in [0.5, 0.6) is 0 Å². The SMILES string of the molecule is COCn1cc(NC(=S)Nc2ccn(Cc3c(Cl)cccc3Cl)n2)cn1. The summed E-state index contributed by atoms with van der Waals surface area (Å²) < 4.78 is 8.38. The van der Waals surface area contributed by atoms with Crippen LogP contribution < -0.4 is 10.6 Å². The minimum atomic E-state index is 0.372. The average molecular weight is 411 g/mol. The molecule has 0 saturated carbocycles. The van der Waals surface area contributed by atoms with E-state index >= 15 is 0 Å². The summed E-state index contributed by atoms with van der Waals surface area (Å²) in [5.74, 6) is 0.606. The molecule has 2 N–H and O–H groups in total. The summed E-state index contributed by atoms with van der Waals surface area (Å²) in [6, 6.07) is 7.22. The number of nitrogens with one attached hydrogen (secondary N) is 2. The number of anilines is 2. The number of methoxy groups -OCH3 is 1. The van der Waals surface area contributed by atoms with Crippen molar-refractivity contribution in [3.8, 4) is 0 Å². The quantitative estimate of drug-likeness (QED) is 0.601. The van der Waals surface area contributed by atoms with Gasteiger partial charge in [0.25, 0.3) is 0 Å². The first-order valence-corrected chi connectivity index (χ1v) is 8.77. The number of thiocarbonyl (C=S) groups is 1. The molecule has 0 atom stereocenters. The highest BCUT2D eigenvalue weighted by Crippen LogP contribution is 2.25. The van der Waals surface area contributed by atoms with E-state index in [0.29, 0.717) is 34.3 Å². The summed E-state index contributed by atoms with van der Waals surface area (Å²) in [4.78, 5) is 0. The van der Waals surface area contributed by atoms with E-state index in [0.717, 1.165) is 11.3 Å². The smallest absolute Gasteiger partial charge is 0.176 e. The first kappa shape index (κ1) is 18.7. The number of nitrogens with zero attached hydrogens (tertiary/aromatic N) is 4. The Bertz CT molecular complexity index is 890. The summed E-state index contributed by atoms with van der Waals surface area (Å²) >= 11 is 17.7. The van der Waals surface area contributed by atoms with Crippen LogP contribution in [0.1, 0.15) is 5.56 Å². The molecule has 0 amide bonds. The molecule has 0 unspecified atom stereocenters. The molecular weight excluding hydrogens is 395 g/mol.